The Hall–Kier alpha value is -1.83. The van der Waals surface area contributed by atoms with Crippen molar-refractivity contribution in [2.24, 2.45) is 5.41 Å². The highest BCUT2D eigenvalue weighted by Crippen LogP contribution is 2.57. The van der Waals surface area contributed by atoms with Crippen molar-refractivity contribution in [3.05, 3.63) is 23.8 Å². The minimum absolute atomic E-state index is 0.0965. The molecule has 1 aromatic carbocycles. The Morgan fingerprint density at radius 3 is 2.50 bits per heavy atom. The van der Waals surface area contributed by atoms with Crippen molar-refractivity contribution in [3.63, 3.8) is 0 Å². The third kappa shape index (κ3) is 3.01. The summed E-state index contributed by atoms with van der Waals surface area (Å²) in [6.45, 7) is 5.28. The van der Waals surface area contributed by atoms with Crippen molar-refractivity contribution in [1.82, 2.24) is 0 Å². The molecular formula is C17H20F3NO. The van der Waals surface area contributed by atoms with Gasteiger partial charge in [0, 0.05) is 7.05 Å². The number of halogens is 3. The van der Waals surface area contributed by atoms with Gasteiger partial charge in [-0.05, 0) is 25.0 Å². The second-order valence-electron chi connectivity index (χ2n) is 5.25. The molecule has 1 heterocycles. The van der Waals surface area contributed by atoms with Gasteiger partial charge in [-0.15, -0.1) is 0 Å². The highest BCUT2D eigenvalue weighted by molar-refractivity contribution is 5.66. The number of fused-ring (bicyclic) bond motifs is 1. The van der Waals surface area contributed by atoms with Crippen LogP contribution in [0.1, 0.15) is 32.3 Å². The molecule has 2 nitrogen and oxygen atoms in total. The summed E-state index contributed by atoms with van der Waals surface area (Å²) in [5.41, 5.74) is -0.388. The predicted octanol–water partition coefficient (Wildman–Crippen LogP) is 4.24. The summed E-state index contributed by atoms with van der Waals surface area (Å²) in [6.07, 6.45) is -4.05. The van der Waals surface area contributed by atoms with Gasteiger partial charge < -0.3 is 9.64 Å². The molecule has 1 aliphatic heterocycles. The van der Waals surface area contributed by atoms with Gasteiger partial charge >= 0.3 is 6.18 Å². The van der Waals surface area contributed by atoms with E-state index in [-0.39, 0.29) is 12.8 Å². The third-order valence-electron chi connectivity index (χ3n) is 3.81. The van der Waals surface area contributed by atoms with Gasteiger partial charge in [0.2, 0.25) is 0 Å². The number of likely N-dealkylation sites (N-methyl/N-ethyl adjacent to an activating group) is 1. The van der Waals surface area contributed by atoms with Crippen LogP contribution in [-0.2, 0) is 0 Å². The quantitative estimate of drug-likeness (QED) is 0.665. The molecule has 1 aromatic rings. The van der Waals surface area contributed by atoms with Gasteiger partial charge in [-0.2, -0.15) is 13.2 Å². The van der Waals surface area contributed by atoms with E-state index in [4.69, 9.17) is 4.74 Å². The van der Waals surface area contributed by atoms with E-state index in [1.54, 1.807) is 12.1 Å². The number of anilines is 1. The number of hydrogen-bond donors (Lipinski definition) is 0. The molecule has 0 amide bonds. The molecule has 0 unspecified atom stereocenters. The second-order valence-corrected chi connectivity index (χ2v) is 5.25. The van der Waals surface area contributed by atoms with Crippen LogP contribution in [0.15, 0.2) is 18.2 Å². The molecule has 0 saturated heterocycles. The first-order chi connectivity index (χ1) is 10.4. The van der Waals surface area contributed by atoms with Gasteiger partial charge in [-0.1, -0.05) is 31.8 Å². The van der Waals surface area contributed by atoms with Crippen LogP contribution < -0.4 is 9.64 Å². The molecule has 2 aliphatic rings. The van der Waals surface area contributed by atoms with Crippen molar-refractivity contribution >= 4 is 5.69 Å². The SMILES string of the molecule is CC.CN1CCOc2c(C#CC3(C(F)(F)F)CC3)cccc21. The van der Waals surface area contributed by atoms with Crippen LogP contribution in [0.5, 0.6) is 5.75 Å². The third-order valence-corrected chi connectivity index (χ3v) is 3.81. The second kappa shape index (κ2) is 6.12. The molecule has 120 valence electrons. The first kappa shape index (κ1) is 16.5. The fourth-order valence-electron chi connectivity index (χ4n) is 2.27. The lowest BCUT2D eigenvalue weighted by molar-refractivity contribution is -0.168. The van der Waals surface area contributed by atoms with E-state index in [2.05, 4.69) is 11.8 Å². The van der Waals surface area contributed by atoms with E-state index in [0.29, 0.717) is 17.9 Å². The van der Waals surface area contributed by atoms with Gasteiger partial charge in [0.1, 0.15) is 12.0 Å². The zero-order valence-electron chi connectivity index (χ0n) is 13.0. The topological polar surface area (TPSA) is 12.5 Å². The summed E-state index contributed by atoms with van der Waals surface area (Å²) < 4.78 is 44.1. The van der Waals surface area contributed by atoms with Crippen molar-refractivity contribution in [3.8, 4) is 17.6 Å². The summed E-state index contributed by atoms with van der Waals surface area (Å²) in [6, 6.07) is 5.38. The van der Waals surface area contributed by atoms with E-state index in [1.807, 2.05) is 31.9 Å². The Morgan fingerprint density at radius 1 is 1.23 bits per heavy atom. The average molecular weight is 311 g/mol. The van der Waals surface area contributed by atoms with Crippen LogP contribution >= 0.6 is 0 Å². The van der Waals surface area contributed by atoms with E-state index in [9.17, 15) is 13.2 Å². The molecule has 3 rings (SSSR count). The molecular weight excluding hydrogens is 291 g/mol. The number of para-hydroxylation sites is 1. The zero-order chi connectivity index (χ0) is 16.4. The number of alkyl halides is 3. The van der Waals surface area contributed by atoms with Crippen molar-refractivity contribution in [1.29, 1.82) is 0 Å². The fourth-order valence-corrected chi connectivity index (χ4v) is 2.27. The normalized spacial score (nSPS) is 18.0. The number of nitrogens with zero attached hydrogens (tertiary/aromatic N) is 1. The smallest absolute Gasteiger partial charge is 0.405 e. The maximum absolute atomic E-state index is 12.9. The molecule has 0 aromatic heterocycles. The summed E-state index contributed by atoms with van der Waals surface area (Å²) in [5.74, 6) is 5.69. The largest absolute Gasteiger partial charge is 0.488 e. The van der Waals surface area contributed by atoms with E-state index >= 15 is 0 Å². The van der Waals surface area contributed by atoms with Crippen LogP contribution in [0, 0.1) is 17.3 Å². The molecule has 0 bridgehead atoms. The molecule has 0 radical (unpaired) electrons. The van der Waals surface area contributed by atoms with E-state index < -0.39 is 11.6 Å². The van der Waals surface area contributed by atoms with Crippen molar-refractivity contribution < 1.29 is 17.9 Å². The highest BCUT2D eigenvalue weighted by Gasteiger charge is 2.62. The molecule has 0 N–H and O–H groups in total. The van der Waals surface area contributed by atoms with Crippen LogP contribution in [0.4, 0.5) is 18.9 Å². The summed E-state index contributed by atoms with van der Waals surface area (Å²) in [5, 5.41) is 0. The van der Waals surface area contributed by atoms with Gasteiger partial charge in [-0.3, -0.25) is 0 Å². The minimum Gasteiger partial charge on any atom is -0.488 e. The van der Waals surface area contributed by atoms with Gasteiger partial charge in [0.25, 0.3) is 0 Å². The van der Waals surface area contributed by atoms with E-state index in [0.717, 1.165) is 12.2 Å². The molecule has 22 heavy (non-hydrogen) atoms. The molecule has 0 atom stereocenters. The number of rotatable bonds is 0. The molecule has 5 heteroatoms. The number of ether oxygens (including phenoxy) is 1. The standard InChI is InChI=1S/C15H14F3NO.C2H6/c1-19-9-10-20-13-11(3-2-4-12(13)19)5-6-14(7-8-14)15(16,17)18;1-2/h2-4H,7-10H2,1H3;1-2H3. The lowest BCUT2D eigenvalue weighted by Gasteiger charge is -2.28. The summed E-state index contributed by atoms with van der Waals surface area (Å²) in [4.78, 5) is 2.01. The minimum atomic E-state index is -4.24. The van der Waals surface area contributed by atoms with Crippen LogP contribution in [0.3, 0.4) is 0 Å². The molecule has 1 aliphatic carbocycles. The molecule has 1 saturated carbocycles. The van der Waals surface area contributed by atoms with Crippen molar-refractivity contribution in [2.75, 3.05) is 25.1 Å². The van der Waals surface area contributed by atoms with Crippen LogP contribution in [-0.4, -0.2) is 26.4 Å². The predicted molar refractivity (Wildman–Crippen MR) is 81.2 cm³/mol. The Kier molecular flexibility index (Phi) is 4.60. The Morgan fingerprint density at radius 2 is 1.91 bits per heavy atom. The van der Waals surface area contributed by atoms with Gasteiger partial charge in [0.05, 0.1) is 17.8 Å². The Balaban J connectivity index is 0.000000847. The number of benzene rings is 1. The average Bonchev–Trinajstić information content (AvgIpc) is 3.29. The highest BCUT2D eigenvalue weighted by atomic mass is 19.4. The molecule has 1 fully saturated rings. The molecule has 0 spiro atoms. The first-order valence-electron chi connectivity index (χ1n) is 7.50. The first-order valence-corrected chi connectivity index (χ1v) is 7.50. The van der Waals surface area contributed by atoms with E-state index in [1.165, 1.54) is 0 Å². The maximum Gasteiger partial charge on any atom is 0.405 e. The maximum atomic E-state index is 12.9. The van der Waals surface area contributed by atoms with Crippen LogP contribution in [0.25, 0.3) is 0 Å². The monoisotopic (exact) mass is 311 g/mol. The fraction of sp³-hybridized carbons (Fsp3) is 0.529. The Bertz CT molecular complexity index is 594. The number of hydrogen-bond acceptors (Lipinski definition) is 2. The lowest BCUT2D eigenvalue weighted by Crippen LogP contribution is -2.29. The lowest BCUT2D eigenvalue weighted by atomic mass is 10.1. The van der Waals surface area contributed by atoms with Gasteiger partial charge in [0.15, 0.2) is 5.75 Å². The zero-order valence-corrected chi connectivity index (χ0v) is 13.0. The van der Waals surface area contributed by atoms with Crippen molar-refractivity contribution in [2.45, 2.75) is 32.9 Å². The Labute approximate surface area is 129 Å². The van der Waals surface area contributed by atoms with Crippen LogP contribution in [0.2, 0.25) is 0 Å². The summed E-state index contributed by atoms with van der Waals surface area (Å²) >= 11 is 0. The van der Waals surface area contributed by atoms with Gasteiger partial charge in [-0.25, -0.2) is 0 Å². The summed E-state index contributed by atoms with van der Waals surface area (Å²) in [7, 11) is 1.93.